The molecule has 104 valence electrons. The Hall–Kier alpha value is -1.88. The standard InChI is InChI=1S/C14H15ClN4O/c1-9-13(14(20)16-8-10-2-3-10)17-18-19(9)12-6-4-11(15)5-7-12/h4-7,10H,2-3,8H2,1H3,(H,16,20). The van der Waals surface area contributed by atoms with Crippen LogP contribution in [-0.2, 0) is 0 Å². The molecule has 0 atom stereocenters. The zero-order valence-corrected chi connectivity index (χ0v) is 11.9. The Morgan fingerprint density at radius 1 is 1.40 bits per heavy atom. The molecule has 0 aliphatic heterocycles. The van der Waals surface area contributed by atoms with E-state index in [1.165, 1.54) is 12.8 Å². The van der Waals surface area contributed by atoms with Gasteiger partial charge in [0.25, 0.3) is 5.91 Å². The summed E-state index contributed by atoms with van der Waals surface area (Å²) in [6.07, 6.45) is 2.41. The Bertz CT molecular complexity index is 631. The van der Waals surface area contributed by atoms with Crippen molar-refractivity contribution in [2.45, 2.75) is 19.8 Å². The molecule has 1 amide bonds. The van der Waals surface area contributed by atoms with Gasteiger partial charge in [0.1, 0.15) is 0 Å². The number of nitrogens with one attached hydrogen (secondary N) is 1. The van der Waals surface area contributed by atoms with E-state index in [1.807, 2.05) is 19.1 Å². The van der Waals surface area contributed by atoms with Crippen LogP contribution in [0.15, 0.2) is 24.3 Å². The largest absolute Gasteiger partial charge is 0.350 e. The van der Waals surface area contributed by atoms with Gasteiger partial charge in [-0.15, -0.1) is 5.10 Å². The maximum atomic E-state index is 12.0. The number of halogens is 1. The molecule has 1 aromatic carbocycles. The minimum absolute atomic E-state index is 0.158. The Morgan fingerprint density at radius 3 is 2.75 bits per heavy atom. The second kappa shape index (κ2) is 5.25. The predicted octanol–water partition coefficient (Wildman–Crippen LogP) is 2.37. The fraction of sp³-hybridized carbons (Fsp3) is 0.357. The summed E-state index contributed by atoms with van der Waals surface area (Å²) < 4.78 is 1.64. The van der Waals surface area contributed by atoms with Gasteiger partial charge in [0.15, 0.2) is 5.69 Å². The minimum Gasteiger partial charge on any atom is -0.350 e. The molecule has 1 fully saturated rings. The molecule has 2 aromatic rings. The lowest BCUT2D eigenvalue weighted by atomic mass is 10.3. The molecular weight excluding hydrogens is 276 g/mol. The molecule has 20 heavy (non-hydrogen) atoms. The summed E-state index contributed by atoms with van der Waals surface area (Å²) in [5.74, 6) is 0.486. The number of rotatable bonds is 4. The van der Waals surface area contributed by atoms with Crippen LogP contribution in [0.4, 0.5) is 0 Å². The molecule has 0 radical (unpaired) electrons. The highest BCUT2D eigenvalue weighted by Crippen LogP contribution is 2.27. The highest BCUT2D eigenvalue weighted by molar-refractivity contribution is 6.30. The zero-order valence-electron chi connectivity index (χ0n) is 11.1. The van der Waals surface area contributed by atoms with Crippen LogP contribution in [0.3, 0.4) is 0 Å². The highest BCUT2D eigenvalue weighted by Gasteiger charge is 2.23. The summed E-state index contributed by atoms with van der Waals surface area (Å²) in [5, 5.41) is 11.6. The van der Waals surface area contributed by atoms with Crippen LogP contribution in [0, 0.1) is 12.8 Å². The van der Waals surface area contributed by atoms with Gasteiger partial charge in [-0.3, -0.25) is 4.79 Å². The summed E-state index contributed by atoms with van der Waals surface area (Å²) in [6, 6.07) is 7.25. The Morgan fingerprint density at radius 2 is 2.10 bits per heavy atom. The molecule has 1 heterocycles. The third-order valence-electron chi connectivity index (χ3n) is 3.43. The summed E-state index contributed by atoms with van der Waals surface area (Å²) in [7, 11) is 0. The number of amides is 1. The van der Waals surface area contributed by atoms with Gasteiger partial charge >= 0.3 is 0 Å². The number of hydrogen-bond donors (Lipinski definition) is 1. The minimum atomic E-state index is -0.158. The van der Waals surface area contributed by atoms with E-state index in [0.717, 1.165) is 17.9 Å². The molecule has 3 rings (SSSR count). The fourth-order valence-electron chi connectivity index (χ4n) is 2.01. The topological polar surface area (TPSA) is 59.8 Å². The summed E-state index contributed by atoms with van der Waals surface area (Å²) >= 11 is 5.86. The predicted molar refractivity (Wildman–Crippen MR) is 76.2 cm³/mol. The maximum absolute atomic E-state index is 12.0. The van der Waals surface area contributed by atoms with E-state index < -0.39 is 0 Å². The zero-order chi connectivity index (χ0) is 14.1. The lowest BCUT2D eigenvalue weighted by Gasteiger charge is -2.04. The average Bonchev–Trinajstić information content (AvgIpc) is 3.19. The SMILES string of the molecule is Cc1c(C(=O)NCC2CC2)nnn1-c1ccc(Cl)cc1. The first kappa shape index (κ1) is 13.1. The van der Waals surface area contributed by atoms with Crippen molar-refractivity contribution in [1.82, 2.24) is 20.3 Å². The number of benzene rings is 1. The molecule has 0 spiro atoms. The van der Waals surface area contributed by atoms with Crippen molar-refractivity contribution in [2.75, 3.05) is 6.54 Å². The number of nitrogens with zero attached hydrogens (tertiary/aromatic N) is 3. The first-order chi connectivity index (χ1) is 9.65. The van der Waals surface area contributed by atoms with Crippen LogP contribution in [0.25, 0.3) is 5.69 Å². The quantitative estimate of drug-likeness (QED) is 0.940. The molecule has 0 unspecified atom stereocenters. The van der Waals surface area contributed by atoms with Gasteiger partial charge in [0.05, 0.1) is 11.4 Å². The Balaban J connectivity index is 1.80. The molecule has 1 aromatic heterocycles. The van der Waals surface area contributed by atoms with E-state index in [4.69, 9.17) is 11.6 Å². The van der Waals surface area contributed by atoms with E-state index in [9.17, 15) is 4.79 Å². The van der Waals surface area contributed by atoms with E-state index >= 15 is 0 Å². The van der Waals surface area contributed by atoms with Crippen LogP contribution in [0.1, 0.15) is 29.0 Å². The Labute approximate surface area is 121 Å². The van der Waals surface area contributed by atoms with Gasteiger partial charge in [-0.2, -0.15) is 0 Å². The third kappa shape index (κ3) is 2.67. The first-order valence-corrected chi connectivity index (χ1v) is 6.99. The van der Waals surface area contributed by atoms with Crippen molar-refractivity contribution in [3.8, 4) is 5.69 Å². The molecule has 0 saturated heterocycles. The van der Waals surface area contributed by atoms with Gasteiger partial charge in [0, 0.05) is 11.6 Å². The van der Waals surface area contributed by atoms with Crippen LogP contribution < -0.4 is 5.32 Å². The summed E-state index contributed by atoms with van der Waals surface area (Å²) in [4.78, 5) is 12.0. The van der Waals surface area contributed by atoms with Crippen molar-refractivity contribution in [2.24, 2.45) is 5.92 Å². The van der Waals surface area contributed by atoms with Crippen molar-refractivity contribution in [1.29, 1.82) is 0 Å². The molecular formula is C14H15ClN4O. The van der Waals surface area contributed by atoms with Crippen molar-refractivity contribution in [3.63, 3.8) is 0 Å². The molecule has 1 saturated carbocycles. The smallest absolute Gasteiger partial charge is 0.273 e. The normalized spacial score (nSPS) is 14.3. The third-order valence-corrected chi connectivity index (χ3v) is 3.68. The second-order valence-electron chi connectivity index (χ2n) is 5.07. The number of carbonyl (C=O) groups is 1. The van der Waals surface area contributed by atoms with Crippen LogP contribution >= 0.6 is 11.6 Å². The fourth-order valence-corrected chi connectivity index (χ4v) is 2.14. The van der Waals surface area contributed by atoms with E-state index in [1.54, 1.807) is 16.8 Å². The highest BCUT2D eigenvalue weighted by atomic mass is 35.5. The van der Waals surface area contributed by atoms with Crippen molar-refractivity contribution >= 4 is 17.5 Å². The molecule has 6 heteroatoms. The second-order valence-corrected chi connectivity index (χ2v) is 5.50. The summed E-state index contributed by atoms with van der Waals surface area (Å²) in [5.41, 5.74) is 1.93. The molecule has 5 nitrogen and oxygen atoms in total. The van der Waals surface area contributed by atoms with E-state index in [0.29, 0.717) is 16.6 Å². The molecule has 0 bridgehead atoms. The number of carbonyl (C=O) groups excluding carboxylic acids is 1. The van der Waals surface area contributed by atoms with E-state index in [2.05, 4.69) is 15.6 Å². The Kier molecular flexibility index (Phi) is 3.44. The van der Waals surface area contributed by atoms with Crippen molar-refractivity contribution < 1.29 is 4.79 Å². The average molecular weight is 291 g/mol. The maximum Gasteiger partial charge on any atom is 0.273 e. The summed E-state index contributed by atoms with van der Waals surface area (Å²) in [6.45, 7) is 2.56. The lowest BCUT2D eigenvalue weighted by molar-refractivity contribution is 0.0946. The van der Waals surface area contributed by atoms with Gasteiger partial charge in [0.2, 0.25) is 0 Å². The van der Waals surface area contributed by atoms with Crippen LogP contribution in [0.5, 0.6) is 0 Å². The first-order valence-electron chi connectivity index (χ1n) is 6.61. The van der Waals surface area contributed by atoms with Gasteiger partial charge in [-0.1, -0.05) is 16.8 Å². The molecule has 1 aliphatic rings. The molecule has 1 aliphatic carbocycles. The van der Waals surface area contributed by atoms with Crippen LogP contribution in [0.2, 0.25) is 5.02 Å². The van der Waals surface area contributed by atoms with Crippen molar-refractivity contribution in [3.05, 3.63) is 40.7 Å². The number of aromatic nitrogens is 3. The van der Waals surface area contributed by atoms with Crippen LogP contribution in [-0.4, -0.2) is 27.4 Å². The monoisotopic (exact) mass is 290 g/mol. The van der Waals surface area contributed by atoms with Gasteiger partial charge in [-0.25, -0.2) is 4.68 Å². The van der Waals surface area contributed by atoms with E-state index in [-0.39, 0.29) is 5.91 Å². The molecule has 1 N–H and O–H groups in total. The van der Waals surface area contributed by atoms with Gasteiger partial charge < -0.3 is 5.32 Å². The lowest BCUT2D eigenvalue weighted by Crippen LogP contribution is -2.26. The van der Waals surface area contributed by atoms with Gasteiger partial charge in [-0.05, 0) is 49.9 Å². The number of hydrogen-bond acceptors (Lipinski definition) is 3.